The maximum absolute atomic E-state index is 14.5. The molecule has 1 fully saturated rings. The van der Waals surface area contributed by atoms with Crippen molar-refractivity contribution in [2.45, 2.75) is 50.7 Å². The lowest BCUT2D eigenvalue weighted by Crippen LogP contribution is -2.37. The number of aliphatic hydroxyl groups is 2. The molecule has 0 aliphatic heterocycles. The van der Waals surface area contributed by atoms with Gasteiger partial charge in [-0.05, 0) is 60.1 Å². The Morgan fingerprint density at radius 1 is 1.05 bits per heavy atom. The summed E-state index contributed by atoms with van der Waals surface area (Å²) in [5.41, 5.74) is 3.29. The van der Waals surface area contributed by atoms with E-state index < -0.39 is 23.2 Å². The van der Waals surface area contributed by atoms with E-state index in [0.29, 0.717) is 11.4 Å². The highest BCUT2D eigenvalue weighted by molar-refractivity contribution is 5.64. The molecule has 1 saturated carbocycles. The van der Waals surface area contributed by atoms with Gasteiger partial charge in [-0.3, -0.25) is 4.98 Å². The van der Waals surface area contributed by atoms with Gasteiger partial charge < -0.3 is 14.8 Å². The first-order chi connectivity index (χ1) is 17.8. The van der Waals surface area contributed by atoms with Crippen LogP contribution in [0, 0.1) is 17.0 Å². The molecule has 3 aromatic heterocycles. The highest BCUT2D eigenvalue weighted by Gasteiger charge is 2.65. The van der Waals surface area contributed by atoms with E-state index >= 15 is 0 Å². The number of imidazole rings is 1. The number of hydrogen-bond donors (Lipinski definition) is 2. The van der Waals surface area contributed by atoms with Gasteiger partial charge in [-0.25, -0.2) is 13.8 Å². The summed E-state index contributed by atoms with van der Waals surface area (Å²) in [4.78, 5) is 9.49. The molecule has 0 saturated heterocycles. The lowest BCUT2D eigenvalue weighted by atomic mass is 9.66. The Morgan fingerprint density at radius 3 is 2.57 bits per heavy atom. The summed E-state index contributed by atoms with van der Waals surface area (Å²) in [5, 5.41) is 27.8. The molecule has 4 aromatic rings. The summed E-state index contributed by atoms with van der Waals surface area (Å²) in [7, 11) is 0. The number of hydrogen-bond acceptors (Lipinski definition) is 6. The maximum atomic E-state index is 14.5. The fourth-order valence-corrected chi connectivity index (χ4v) is 6.47. The average Bonchev–Trinajstić information content (AvgIpc) is 3.51. The lowest BCUT2D eigenvalue weighted by molar-refractivity contribution is 0.0812. The number of nitrogens with zero attached hydrogens (tertiary/aromatic N) is 5. The van der Waals surface area contributed by atoms with Gasteiger partial charge in [-0.1, -0.05) is 26.0 Å². The number of pyridine rings is 1. The third-order valence-corrected chi connectivity index (χ3v) is 8.32. The largest absolute Gasteiger partial charge is 0.394 e. The Morgan fingerprint density at radius 2 is 1.81 bits per heavy atom. The van der Waals surface area contributed by atoms with Crippen molar-refractivity contribution in [3.8, 4) is 22.6 Å². The Bertz CT molecular complexity index is 1480. The van der Waals surface area contributed by atoms with Crippen LogP contribution in [0.1, 0.15) is 49.6 Å². The van der Waals surface area contributed by atoms with E-state index in [9.17, 15) is 13.9 Å². The average molecular weight is 504 g/mol. The van der Waals surface area contributed by atoms with Crippen molar-refractivity contribution >= 4 is 0 Å². The highest BCUT2D eigenvalue weighted by atomic mass is 19.1. The molecule has 2 bridgehead atoms. The molecule has 37 heavy (non-hydrogen) atoms. The molecule has 7 nitrogen and oxygen atoms in total. The number of rotatable bonds is 6. The van der Waals surface area contributed by atoms with Crippen molar-refractivity contribution in [3.05, 3.63) is 83.6 Å². The van der Waals surface area contributed by atoms with Crippen molar-refractivity contribution in [2.24, 2.45) is 5.41 Å². The van der Waals surface area contributed by atoms with Crippen molar-refractivity contribution in [2.75, 3.05) is 6.61 Å². The van der Waals surface area contributed by atoms with Crippen molar-refractivity contribution in [3.63, 3.8) is 0 Å². The molecule has 2 aliphatic carbocycles. The van der Waals surface area contributed by atoms with Gasteiger partial charge in [0.2, 0.25) is 0 Å². The number of benzene rings is 1. The Kier molecular flexibility index (Phi) is 5.47. The van der Waals surface area contributed by atoms with E-state index in [2.05, 4.69) is 29.0 Å². The molecule has 9 heteroatoms. The Hall–Kier alpha value is -3.56. The molecule has 190 valence electrons. The Balaban J connectivity index is 1.43. The standard InChI is InChI=1S/C28H27F2N5O2/c1-27(2)18-9-10-28(27,26-17(18)11-22(33-34-26)25-19(29)5-3-6-20(25)30)24-8-4-7-21(32-24)23-13-35(15-31-23)12-16(37)14-36/h3-8,11,13,15-16,18,36-37H,9-10,12,14H2,1-2H3/t16-,18-,28-/m0/s1. The van der Waals surface area contributed by atoms with E-state index in [-0.39, 0.29) is 35.7 Å². The molecule has 1 aromatic carbocycles. The fraction of sp³-hybridized carbons (Fsp3) is 0.357. The number of halogens is 2. The molecule has 0 spiro atoms. The van der Waals surface area contributed by atoms with Crippen LogP contribution in [0.15, 0.2) is 55.0 Å². The molecule has 3 atom stereocenters. The summed E-state index contributed by atoms with van der Waals surface area (Å²) in [6.45, 7) is 4.31. The zero-order chi connectivity index (χ0) is 25.9. The molecule has 6 rings (SSSR count). The molecular formula is C28H27F2N5O2. The quantitative estimate of drug-likeness (QED) is 0.409. The van der Waals surface area contributed by atoms with E-state index in [4.69, 9.17) is 10.1 Å². The minimum atomic E-state index is -0.868. The molecule has 2 N–H and O–H groups in total. The second-order valence-corrected chi connectivity index (χ2v) is 10.5. The van der Waals surface area contributed by atoms with Crippen LogP contribution >= 0.6 is 0 Å². The highest BCUT2D eigenvalue weighted by Crippen LogP contribution is 2.69. The van der Waals surface area contributed by atoms with Crippen LogP contribution in [0.3, 0.4) is 0 Å². The molecule has 0 amide bonds. The first-order valence-corrected chi connectivity index (χ1v) is 12.4. The first kappa shape index (κ1) is 23.8. The minimum Gasteiger partial charge on any atom is -0.394 e. The predicted octanol–water partition coefficient (Wildman–Crippen LogP) is 4.24. The number of fused-ring (bicyclic) bond motifs is 5. The summed E-state index contributed by atoms with van der Waals surface area (Å²) >= 11 is 0. The summed E-state index contributed by atoms with van der Waals surface area (Å²) in [6, 6.07) is 11.4. The second kappa shape index (κ2) is 8.49. The van der Waals surface area contributed by atoms with E-state index in [0.717, 1.165) is 29.8 Å². The van der Waals surface area contributed by atoms with Crippen LogP contribution in [0.25, 0.3) is 22.6 Å². The normalized spacial score (nSPS) is 22.3. The van der Waals surface area contributed by atoms with E-state index in [1.807, 2.05) is 18.2 Å². The SMILES string of the molecule is CC1(C)[C@H]2CC[C@]1(c1cccc(-c3cn(C[C@H](O)CO)cn3)n1)c1nnc(-c3c(F)cccc3F)cc12. The van der Waals surface area contributed by atoms with Gasteiger partial charge in [0.25, 0.3) is 0 Å². The smallest absolute Gasteiger partial charge is 0.135 e. The van der Waals surface area contributed by atoms with Gasteiger partial charge >= 0.3 is 0 Å². The zero-order valence-electron chi connectivity index (χ0n) is 20.6. The van der Waals surface area contributed by atoms with Crippen LogP contribution in [-0.4, -0.2) is 47.7 Å². The van der Waals surface area contributed by atoms with Gasteiger partial charge in [0.05, 0.1) is 59.3 Å². The van der Waals surface area contributed by atoms with E-state index in [1.165, 1.54) is 18.2 Å². The Labute approximate surface area is 212 Å². The zero-order valence-corrected chi connectivity index (χ0v) is 20.6. The van der Waals surface area contributed by atoms with Crippen LogP contribution in [0.2, 0.25) is 0 Å². The summed E-state index contributed by atoms with van der Waals surface area (Å²) in [5.74, 6) is -1.17. The third-order valence-electron chi connectivity index (χ3n) is 8.32. The molecular weight excluding hydrogens is 476 g/mol. The monoisotopic (exact) mass is 503 g/mol. The topological polar surface area (TPSA) is 97.0 Å². The number of aromatic nitrogens is 5. The van der Waals surface area contributed by atoms with Crippen molar-refractivity contribution < 1.29 is 19.0 Å². The van der Waals surface area contributed by atoms with Crippen molar-refractivity contribution in [1.29, 1.82) is 0 Å². The predicted molar refractivity (Wildman–Crippen MR) is 132 cm³/mol. The second-order valence-electron chi connectivity index (χ2n) is 10.5. The third kappa shape index (κ3) is 3.44. The summed E-state index contributed by atoms with van der Waals surface area (Å²) < 4.78 is 30.7. The van der Waals surface area contributed by atoms with Crippen LogP contribution in [0.4, 0.5) is 8.78 Å². The van der Waals surface area contributed by atoms with Gasteiger partial charge in [-0.15, -0.1) is 5.10 Å². The van der Waals surface area contributed by atoms with Crippen LogP contribution in [-0.2, 0) is 12.0 Å². The van der Waals surface area contributed by atoms with E-state index in [1.54, 1.807) is 23.2 Å². The maximum Gasteiger partial charge on any atom is 0.135 e. The molecule has 2 aliphatic rings. The summed E-state index contributed by atoms with van der Waals surface area (Å²) in [6.07, 6.45) is 4.28. The van der Waals surface area contributed by atoms with Crippen LogP contribution < -0.4 is 0 Å². The molecule has 0 unspecified atom stereocenters. The molecule has 0 radical (unpaired) electrons. The van der Waals surface area contributed by atoms with Gasteiger partial charge in [-0.2, -0.15) is 5.10 Å². The van der Waals surface area contributed by atoms with Crippen molar-refractivity contribution in [1.82, 2.24) is 24.7 Å². The fourth-order valence-electron chi connectivity index (χ4n) is 6.47. The first-order valence-electron chi connectivity index (χ1n) is 12.4. The van der Waals surface area contributed by atoms with Crippen LogP contribution in [0.5, 0.6) is 0 Å². The molecule has 3 heterocycles. The minimum absolute atomic E-state index is 0.149. The lowest BCUT2D eigenvalue weighted by Gasteiger charge is -2.37. The van der Waals surface area contributed by atoms with Gasteiger partial charge in [0.1, 0.15) is 17.3 Å². The number of aliphatic hydroxyl groups excluding tert-OH is 2. The van der Waals surface area contributed by atoms with Gasteiger partial charge in [0.15, 0.2) is 0 Å². The van der Waals surface area contributed by atoms with Gasteiger partial charge in [0, 0.05) is 6.20 Å².